The van der Waals surface area contributed by atoms with Gasteiger partial charge in [-0.25, -0.2) is 4.98 Å². The van der Waals surface area contributed by atoms with Gasteiger partial charge in [0, 0.05) is 55.1 Å². The molecule has 0 bridgehead atoms. The molecule has 6 rings (SSSR count). The largest absolute Gasteiger partial charge is 0.369 e. The molecule has 0 amide bonds. The first-order valence-electron chi connectivity index (χ1n) is 11.9. The Morgan fingerprint density at radius 1 is 1.12 bits per heavy atom. The van der Waals surface area contributed by atoms with E-state index in [1.807, 2.05) is 6.07 Å². The summed E-state index contributed by atoms with van der Waals surface area (Å²) in [6, 6.07) is 8.59. The van der Waals surface area contributed by atoms with Crippen LogP contribution in [0.4, 0.5) is 5.69 Å². The molecule has 1 aromatic carbocycles. The minimum atomic E-state index is -0.228. The summed E-state index contributed by atoms with van der Waals surface area (Å²) in [5, 5.41) is 14.1. The zero-order chi connectivity index (χ0) is 23.2. The number of piperidine rings is 1. The van der Waals surface area contributed by atoms with Gasteiger partial charge in [0.05, 0.1) is 22.1 Å². The highest BCUT2D eigenvalue weighted by Crippen LogP contribution is 2.34. The molecule has 174 valence electrons. The molecule has 0 aliphatic carbocycles. The fraction of sp³-hybridized carbons (Fsp3) is 0.400. The van der Waals surface area contributed by atoms with Crippen LogP contribution in [0, 0.1) is 11.3 Å². The Morgan fingerprint density at radius 2 is 1.91 bits per heavy atom. The number of likely N-dealkylation sites (N-methyl/N-ethyl adjacent to an activating group) is 1. The molecule has 4 aromatic rings. The third-order valence-corrected chi connectivity index (χ3v) is 7.32. The summed E-state index contributed by atoms with van der Waals surface area (Å²) >= 11 is 0. The van der Waals surface area contributed by atoms with Gasteiger partial charge in [-0.15, -0.1) is 0 Å². The van der Waals surface area contributed by atoms with Crippen molar-refractivity contribution in [3.05, 3.63) is 46.0 Å². The number of fused-ring (bicyclic) bond motifs is 2. The van der Waals surface area contributed by atoms with Crippen molar-refractivity contribution in [3.63, 3.8) is 0 Å². The number of nitriles is 1. The molecule has 2 aliphatic rings. The Hall–Kier alpha value is -3.61. The fourth-order valence-corrected chi connectivity index (χ4v) is 5.34. The second-order valence-electron chi connectivity index (χ2n) is 9.41. The summed E-state index contributed by atoms with van der Waals surface area (Å²) in [6.07, 6.45) is 3.57. The molecule has 0 spiro atoms. The maximum absolute atomic E-state index is 13.0. The maximum Gasteiger partial charge on any atom is 0.261 e. The number of rotatable bonds is 3. The topological polar surface area (TPSA) is 120 Å². The van der Waals surface area contributed by atoms with Gasteiger partial charge in [0.15, 0.2) is 0 Å². The lowest BCUT2D eigenvalue weighted by Gasteiger charge is -2.34. The minimum Gasteiger partial charge on any atom is -0.369 e. The fourth-order valence-electron chi connectivity index (χ4n) is 5.34. The van der Waals surface area contributed by atoms with Crippen LogP contribution in [0.3, 0.4) is 0 Å². The number of imidazole rings is 1. The van der Waals surface area contributed by atoms with E-state index in [0.717, 1.165) is 79.9 Å². The minimum absolute atomic E-state index is 0.228. The standard InChI is InChI=1S/C25H28N8O/c1-32-8-10-33(11-9-32)16-2-3-19-20(12-16)30-24(29-19)21-23-18(14-28-25(21)34)17(13-26)22(31-23)15-4-6-27-7-5-15/h2-3,12,14-15,27,31H,4-11H2,1H3,(H,28,34)(H,29,30). The van der Waals surface area contributed by atoms with Gasteiger partial charge in [-0.2, -0.15) is 5.26 Å². The maximum atomic E-state index is 13.0. The second-order valence-corrected chi connectivity index (χ2v) is 9.41. The van der Waals surface area contributed by atoms with Gasteiger partial charge in [0.1, 0.15) is 17.5 Å². The van der Waals surface area contributed by atoms with Gasteiger partial charge >= 0.3 is 0 Å². The van der Waals surface area contributed by atoms with Crippen LogP contribution < -0.4 is 15.8 Å². The highest BCUT2D eigenvalue weighted by Gasteiger charge is 2.25. The van der Waals surface area contributed by atoms with Crippen molar-refractivity contribution in [2.24, 2.45) is 0 Å². The summed E-state index contributed by atoms with van der Waals surface area (Å²) in [7, 11) is 2.15. The van der Waals surface area contributed by atoms with Crippen LogP contribution in [0.2, 0.25) is 0 Å². The number of nitrogens with zero attached hydrogens (tertiary/aromatic N) is 4. The number of nitrogens with one attached hydrogen (secondary N) is 4. The quantitative estimate of drug-likeness (QED) is 0.376. The van der Waals surface area contributed by atoms with E-state index >= 15 is 0 Å². The first-order chi connectivity index (χ1) is 16.6. The van der Waals surface area contributed by atoms with Gasteiger partial charge in [0.2, 0.25) is 0 Å². The third kappa shape index (κ3) is 3.47. The van der Waals surface area contributed by atoms with Crippen molar-refractivity contribution in [2.75, 3.05) is 51.2 Å². The summed E-state index contributed by atoms with van der Waals surface area (Å²) in [4.78, 5) is 32.1. The van der Waals surface area contributed by atoms with Gasteiger partial charge in [-0.3, -0.25) is 4.79 Å². The molecular formula is C25H28N8O. The second kappa shape index (κ2) is 8.31. The van der Waals surface area contributed by atoms with Crippen LogP contribution in [-0.2, 0) is 0 Å². The molecular weight excluding hydrogens is 428 g/mol. The number of benzene rings is 1. The molecule has 0 saturated carbocycles. The van der Waals surface area contributed by atoms with Crippen LogP contribution in [0.15, 0.2) is 29.2 Å². The number of piperazine rings is 1. The smallest absolute Gasteiger partial charge is 0.261 e. The summed E-state index contributed by atoms with van der Waals surface area (Å²) in [6.45, 7) is 5.90. The number of aromatic nitrogens is 4. The van der Waals surface area contributed by atoms with Crippen molar-refractivity contribution in [1.82, 2.24) is 30.2 Å². The van der Waals surface area contributed by atoms with E-state index in [0.29, 0.717) is 22.5 Å². The highest BCUT2D eigenvalue weighted by atomic mass is 16.1. The Bertz CT molecular complexity index is 1460. The first-order valence-corrected chi connectivity index (χ1v) is 11.9. The molecule has 3 aromatic heterocycles. The van der Waals surface area contributed by atoms with Gasteiger partial charge in [-0.1, -0.05) is 0 Å². The Kier molecular flexibility index (Phi) is 5.12. The molecule has 2 fully saturated rings. The predicted molar refractivity (Wildman–Crippen MR) is 133 cm³/mol. The van der Waals surface area contributed by atoms with Crippen LogP contribution in [-0.4, -0.2) is 71.2 Å². The van der Waals surface area contributed by atoms with Gasteiger partial charge in [0.25, 0.3) is 5.56 Å². The van der Waals surface area contributed by atoms with E-state index in [2.05, 4.69) is 55.3 Å². The molecule has 9 nitrogen and oxygen atoms in total. The lowest BCUT2D eigenvalue weighted by molar-refractivity contribution is 0.313. The average Bonchev–Trinajstić information content (AvgIpc) is 3.45. The number of aromatic amines is 3. The summed E-state index contributed by atoms with van der Waals surface area (Å²) < 4.78 is 0. The van der Waals surface area contributed by atoms with E-state index in [-0.39, 0.29) is 11.5 Å². The van der Waals surface area contributed by atoms with Crippen LogP contribution >= 0.6 is 0 Å². The molecule has 5 heterocycles. The van der Waals surface area contributed by atoms with E-state index in [4.69, 9.17) is 4.98 Å². The van der Waals surface area contributed by atoms with Crippen molar-refractivity contribution < 1.29 is 0 Å². The molecule has 0 atom stereocenters. The highest BCUT2D eigenvalue weighted by molar-refractivity contribution is 5.97. The van der Waals surface area contributed by atoms with Crippen LogP contribution in [0.1, 0.15) is 30.0 Å². The van der Waals surface area contributed by atoms with Crippen molar-refractivity contribution in [1.29, 1.82) is 5.26 Å². The third-order valence-electron chi connectivity index (χ3n) is 7.32. The summed E-state index contributed by atoms with van der Waals surface area (Å²) in [5.74, 6) is 0.785. The number of pyridine rings is 1. The lowest BCUT2D eigenvalue weighted by Crippen LogP contribution is -2.44. The Labute approximate surface area is 196 Å². The monoisotopic (exact) mass is 456 g/mol. The van der Waals surface area contributed by atoms with Crippen molar-refractivity contribution >= 4 is 27.6 Å². The molecule has 0 unspecified atom stereocenters. The zero-order valence-electron chi connectivity index (χ0n) is 19.2. The lowest BCUT2D eigenvalue weighted by atomic mass is 9.92. The predicted octanol–water partition coefficient (Wildman–Crippen LogP) is 2.49. The average molecular weight is 457 g/mol. The van der Waals surface area contributed by atoms with Crippen molar-refractivity contribution in [3.8, 4) is 17.5 Å². The Balaban J connectivity index is 1.44. The number of anilines is 1. The van der Waals surface area contributed by atoms with Crippen molar-refractivity contribution in [2.45, 2.75) is 18.8 Å². The van der Waals surface area contributed by atoms with Crippen LogP contribution in [0.5, 0.6) is 0 Å². The van der Waals surface area contributed by atoms with E-state index in [1.165, 1.54) is 0 Å². The van der Waals surface area contributed by atoms with E-state index in [1.54, 1.807) is 6.20 Å². The van der Waals surface area contributed by atoms with E-state index < -0.39 is 0 Å². The SMILES string of the molecule is CN1CCN(c2ccc3nc(-c4c(=O)[nH]cc5c(C#N)c(C6CCNCC6)[nH]c45)[nH]c3c2)CC1. The van der Waals surface area contributed by atoms with Gasteiger partial charge < -0.3 is 30.1 Å². The molecule has 2 saturated heterocycles. The van der Waals surface area contributed by atoms with E-state index in [9.17, 15) is 10.1 Å². The number of hydrogen-bond donors (Lipinski definition) is 4. The first kappa shape index (κ1) is 21.0. The number of hydrogen-bond acceptors (Lipinski definition) is 6. The molecule has 34 heavy (non-hydrogen) atoms. The zero-order valence-corrected chi connectivity index (χ0v) is 19.2. The van der Waals surface area contributed by atoms with Gasteiger partial charge in [-0.05, 0) is 51.2 Å². The molecule has 9 heteroatoms. The molecule has 2 aliphatic heterocycles. The number of H-pyrrole nitrogens is 3. The normalized spacial score (nSPS) is 18.1. The van der Waals surface area contributed by atoms with Crippen LogP contribution in [0.25, 0.3) is 33.3 Å². The molecule has 0 radical (unpaired) electrons. The summed E-state index contributed by atoms with van der Waals surface area (Å²) in [5.41, 5.74) is 5.30. The Morgan fingerprint density at radius 3 is 2.68 bits per heavy atom. The molecule has 4 N–H and O–H groups in total.